The van der Waals surface area contributed by atoms with Gasteiger partial charge in [-0.1, -0.05) is 33.2 Å². The molecule has 3 aromatic rings. The molecule has 0 amide bonds. The molecule has 0 aliphatic carbocycles. The van der Waals surface area contributed by atoms with Crippen molar-refractivity contribution in [2.75, 3.05) is 0 Å². The second kappa shape index (κ2) is 5.42. The largest absolute Gasteiger partial charge is 0.505 e. The Morgan fingerprint density at radius 2 is 2.10 bits per heavy atom. The summed E-state index contributed by atoms with van der Waals surface area (Å²) < 4.78 is 6.14. The summed E-state index contributed by atoms with van der Waals surface area (Å²) in [7, 11) is 0. The van der Waals surface area contributed by atoms with Gasteiger partial charge in [-0.2, -0.15) is 4.98 Å². The maximum Gasteiger partial charge on any atom is 0.280 e. The molecule has 0 saturated carbocycles. The predicted molar refractivity (Wildman–Crippen MR) is 76.1 cm³/mol. The van der Waals surface area contributed by atoms with Crippen LogP contribution in [0.5, 0.6) is 5.75 Å². The predicted octanol–water partition coefficient (Wildman–Crippen LogP) is 3.19. The van der Waals surface area contributed by atoms with Gasteiger partial charge in [0.2, 0.25) is 0 Å². The van der Waals surface area contributed by atoms with Gasteiger partial charge in [0.1, 0.15) is 5.75 Å². The zero-order valence-electron chi connectivity index (χ0n) is 10.3. The molecule has 0 aliphatic rings. The number of hydrogen-bond acceptors (Lipinski definition) is 5. The van der Waals surface area contributed by atoms with Crippen LogP contribution in [0.2, 0.25) is 0 Å². The van der Waals surface area contributed by atoms with E-state index in [0.29, 0.717) is 17.9 Å². The highest BCUT2D eigenvalue weighted by atomic mass is 79.9. The lowest BCUT2D eigenvalue weighted by molar-refractivity contribution is 0.416. The third kappa shape index (κ3) is 2.70. The van der Waals surface area contributed by atoms with Crippen LogP contribution in [-0.4, -0.2) is 20.2 Å². The fraction of sp³-hybridized carbons (Fsp3) is 0.0714. The van der Waals surface area contributed by atoms with Crippen LogP contribution in [0.3, 0.4) is 0 Å². The van der Waals surface area contributed by atoms with E-state index < -0.39 is 0 Å². The van der Waals surface area contributed by atoms with Crippen molar-refractivity contribution in [1.82, 2.24) is 15.1 Å². The quantitative estimate of drug-likeness (QED) is 0.797. The summed E-state index contributed by atoms with van der Waals surface area (Å²) >= 11 is 3.42. The molecule has 2 heterocycles. The molecule has 0 aliphatic heterocycles. The number of nitrogens with zero attached hydrogens (tertiary/aromatic N) is 3. The number of pyridine rings is 1. The average Bonchev–Trinajstić information content (AvgIpc) is 2.87. The minimum absolute atomic E-state index is 0.0187. The van der Waals surface area contributed by atoms with Crippen LogP contribution in [0.25, 0.3) is 11.6 Å². The third-order valence-electron chi connectivity index (χ3n) is 2.71. The van der Waals surface area contributed by atoms with Gasteiger partial charge in [-0.3, -0.25) is 0 Å². The highest BCUT2D eigenvalue weighted by molar-refractivity contribution is 9.10. The minimum atomic E-state index is 0.0187. The number of hydrogen-bond donors (Lipinski definition) is 1. The van der Waals surface area contributed by atoms with E-state index in [4.69, 9.17) is 4.52 Å². The van der Waals surface area contributed by atoms with E-state index in [2.05, 4.69) is 31.1 Å². The van der Waals surface area contributed by atoms with Crippen LogP contribution in [0.1, 0.15) is 11.4 Å². The van der Waals surface area contributed by atoms with Crippen LogP contribution in [0.4, 0.5) is 0 Å². The molecule has 0 spiro atoms. The monoisotopic (exact) mass is 331 g/mol. The Kier molecular flexibility index (Phi) is 3.47. The first-order valence-corrected chi connectivity index (χ1v) is 6.73. The summed E-state index contributed by atoms with van der Waals surface area (Å²) in [6, 6.07) is 11.0. The van der Waals surface area contributed by atoms with E-state index in [1.165, 1.54) is 6.07 Å². The highest BCUT2D eigenvalue weighted by Crippen LogP contribution is 2.24. The number of aromatic hydroxyl groups is 1. The maximum absolute atomic E-state index is 9.70. The van der Waals surface area contributed by atoms with Crippen molar-refractivity contribution in [3.63, 3.8) is 0 Å². The summed E-state index contributed by atoms with van der Waals surface area (Å²) in [5, 5.41) is 13.6. The van der Waals surface area contributed by atoms with Crippen molar-refractivity contribution in [2.24, 2.45) is 0 Å². The Balaban J connectivity index is 1.86. The van der Waals surface area contributed by atoms with E-state index in [1.807, 2.05) is 24.3 Å². The van der Waals surface area contributed by atoms with Gasteiger partial charge in [0.25, 0.3) is 5.89 Å². The standard InChI is InChI=1S/C14H10BrN3O2/c15-10-4-1-3-9(7-10)8-12-17-14(20-18-12)13-11(19)5-2-6-16-13/h1-7,19H,8H2. The number of benzene rings is 1. The Bertz CT molecular complexity index is 743. The zero-order valence-corrected chi connectivity index (χ0v) is 11.9. The van der Waals surface area contributed by atoms with E-state index in [-0.39, 0.29) is 11.6 Å². The fourth-order valence-corrected chi connectivity index (χ4v) is 2.26. The number of rotatable bonds is 3. The molecular weight excluding hydrogens is 322 g/mol. The second-order valence-corrected chi connectivity index (χ2v) is 5.11. The molecule has 0 saturated heterocycles. The summed E-state index contributed by atoms with van der Waals surface area (Å²) in [5.74, 6) is 0.779. The molecule has 0 atom stereocenters. The van der Waals surface area contributed by atoms with E-state index in [1.54, 1.807) is 12.3 Å². The molecule has 3 rings (SSSR count). The van der Waals surface area contributed by atoms with Crippen molar-refractivity contribution < 1.29 is 9.63 Å². The van der Waals surface area contributed by atoms with Gasteiger partial charge in [0.15, 0.2) is 11.5 Å². The zero-order chi connectivity index (χ0) is 13.9. The van der Waals surface area contributed by atoms with E-state index >= 15 is 0 Å². The molecule has 1 N–H and O–H groups in total. The Hall–Kier alpha value is -2.21. The molecule has 20 heavy (non-hydrogen) atoms. The van der Waals surface area contributed by atoms with Crippen molar-refractivity contribution in [1.29, 1.82) is 0 Å². The van der Waals surface area contributed by atoms with E-state index in [0.717, 1.165) is 10.0 Å². The van der Waals surface area contributed by atoms with Gasteiger partial charge in [-0.25, -0.2) is 4.98 Å². The van der Waals surface area contributed by atoms with Crippen LogP contribution < -0.4 is 0 Å². The van der Waals surface area contributed by atoms with Gasteiger partial charge >= 0.3 is 0 Å². The van der Waals surface area contributed by atoms with Gasteiger partial charge in [-0.15, -0.1) is 0 Å². The van der Waals surface area contributed by atoms with Crippen LogP contribution in [0, 0.1) is 0 Å². The summed E-state index contributed by atoms with van der Waals surface area (Å²) in [6.45, 7) is 0. The molecule has 0 fully saturated rings. The molecule has 100 valence electrons. The topological polar surface area (TPSA) is 72.0 Å². The van der Waals surface area contributed by atoms with Gasteiger partial charge < -0.3 is 9.63 Å². The highest BCUT2D eigenvalue weighted by Gasteiger charge is 2.14. The summed E-state index contributed by atoms with van der Waals surface area (Å²) in [6.07, 6.45) is 2.11. The van der Waals surface area contributed by atoms with E-state index in [9.17, 15) is 5.11 Å². The van der Waals surface area contributed by atoms with Crippen molar-refractivity contribution in [3.8, 4) is 17.3 Å². The fourth-order valence-electron chi connectivity index (χ4n) is 1.81. The normalized spacial score (nSPS) is 10.7. The molecule has 0 unspecified atom stereocenters. The Labute approximate surface area is 123 Å². The lowest BCUT2D eigenvalue weighted by atomic mass is 10.1. The SMILES string of the molecule is Oc1cccnc1-c1nc(Cc2cccc(Br)c2)no1. The van der Waals surface area contributed by atoms with Crippen molar-refractivity contribution >= 4 is 15.9 Å². The third-order valence-corrected chi connectivity index (χ3v) is 3.20. The lowest BCUT2D eigenvalue weighted by Gasteiger charge is -1.97. The van der Waals surface area contributed by atoms with Crippen molar-refractivity contribution in [3.05, 3.63) is 58.5 Å². The molecule has 0 radical (unpaired) electrons. The Morgan fingerprint density at radius 1 is 1.20 bits per heavy atom. The average molecular weight is 332 g/mol. The molecule has 2 aromatic heterocycles. The van der Waals surface area contributed by atoms with Gasteiger partial charge in [0.05, 0.1) is 0 Å². The first-order valence-electron chi connectivity index (χ1n) is 5.94. The second-order valence-electron chi connectivity index (χ2n) is 4.19. The first kappa shape index (κ1) is 12.8. The summed E-state index contributed by atoms with van der Waals surface area (Å²) in [5.41, 5.74) is 1.36. The molecule has 1 aromatic carbocycles. The molecule has 5 nitrogen and oxygen atoms in total. The molecule has 6 heteroatoms. The first-order chi connectivity index (χ1) is 9.72. The Morgan fingerprint density at radius 3 is 2.90 bits per heavy atom. The number of aromatic nitrogens is 3. The molecule has 0 bridgehead atoms. The maximum atomic E-state index is 9.70. The molecular formula is C14H10BrN3O2. The van der Waals surface area contributed by atoms with Gasteiger partial charge in [0, 0.05) is 17.1 Å². The van der Waals surface area contributed by atoms with Crippen molar-refractivity contribution in [2.45, 2.75) is 6.42 Å². The van der Waals surface area contributed by atoms with Gasteiger partial charge in [-0.05, 0) is 29.8 Å². The van der Waals surface area contributed by atoms with Crippen LogP contribution in [0.15, 0.2) is 51.6 Å². The minimum Gasteiger partial charge on any atom is -0.505 e. The van der Waals surface area contributed by atoms with Crippen LogP contribution in [-0.2, 0) is 6.42 Å². The summed E-state index contributed by atoms with van der Waals surface area (Å²) in [4.78, 5) is 8.28. The van der Waals surface area contributed by atoms with Crippen LogP contribution >= 0.6 is 15.9 Å². The lowest BCUT2D eigenvalue weighted by Crippen LogP contribution is -1.91. The number of halogens is 1. The smallest absolute Gasteiger partial charge is 0.280 e.